The monoisotopic (exact) mass is 290 g/mol. The normalized spacial score (nSPS) is 10.2. The van der Waals surface area contributed by atoms with Crippen molar-refractivity contribution in [3.05, 3.63) is 57.9 Å². The molecule has 0 fully saturated rings. The number of nitro benzene ring substituents is 1. The van der Waals surface area contributed by atoms with E-state index in [0.717, 1.165) is 11.8 Å². The first-order valence-electron chi connectivity index (χ1n) is 5.60. The van der Waals surface area contributed by atoms with Crippen molar-refractivity contribution in [2.75, 3.05) is 0 Å². The fourth-order valence-electron chi connectivity index (χ4n) is 1.59. The minimum atomic E-state index is -1.11. The highest BCUT2D eigenvalue weighted by Gasteiger charge is 2.18. The SMILES string of the molecule is Cc1cc(Sc2ccccc2[N+](=O)[O-])c(C(=O)O)cn1. The number of carboxylic acids is 1. The van der Waals surface area contributed by atoms with Gasteiger partial charge in [-0.25, -0.2) is 4.79 Å². The number of hydrogen-bond donors (Lipinski definition) is 1. The maximum Gasteiger partial charge on any atom is 0.338 e. The molecule has 0 aliphatic heterocycles. The summed E-state index contributed by atoms with van der Waals surface area (Å²) in [6.45, 7) is 1.73. The van der Waals surface area contributed by atoms with Crippen molar-refractivity contribution in [2.24, 2.45) is 0 Å². The van der Waals surface area contributed by atoms with E-state index in [2.05, 4.69) is 4.98 Å². The van der Waals surface area contributed by atoms with Crippen molar-refractivity contribution < 1.29 is 14.8 Å². The first kappa shape index (κ1) is 14.0. The number of aromatic nitrogens is 1. The van der Waals surface area contributed by atoms with Gasteiger partial charge >= 0.3 is 5.97 Å². The summed E-state index contributed by atoms with van der Waals surface area (Å²) in [4.78, 5) is 26.4. The minimum Gasteiger partial charge on any atom is -0.478 e. The van der Waals surface area contributed by atoms with Gasteiger partial charge < -0.3 is 5.11 Å². The maximum absolute atomic E-state index is 11.2. The zero-order valence-electron chi connectivity index (χ0n) is 10.4. The van der Waals surface area contributed by atoms with Crippen LogP contribution in [0.1, 0.15) is 16.1 Å². The molecular formula is C13H10N2O4S. The van der Waals surface area contributed by atoms with Gasteiger partial charge in [-0.2, -0.15) is 0 Å². The molecule has 6 nitrogen and oxygen atoms in total. The molecule has 0 saturated carbocycles. The Labute approximate surface area is 118 Å². The van der Waals surface area contributed by atoms with Crippen molar-refractivity contribution in [3.8, 4) is 0 Å². The van der Waals surface area contributed by atoms with E-state index in [4.69, 9.17) is 5.11 Å². The lowest BCUT2D eigenvalue weighted by Gasteiger charge is -2.06. The number of para-hydroxylation sites is 1. The van der Waals surface area contributed by atoms with Crippen LogP contribution in [0, 0.1) is 17.0 Å². The van der Waals surface area contributed by atoms with Crippen LogP contribution >= 0.6 is 11.8 Å². The van der Waals surface area contributed by atoms with E-state index in [0.29, 0.717) is 15.5 Å². The van der Waals surface area contributed by atoms with Crippen LogP contribution in [0.25, 0.3) is 0 Å². The Balaban J connectivity index is 2.47. The molecule has 0 spiro atoms. The zero-order valence-corrected chi connectivity index (χ0v) is 11.3. The highest BCUT2D eigenvalue weighted by molar-refractivity contribution is 7.99. The molecule has 2 aromatic rings. The summed E-state index contributed by atoms with van der Waals surface area (Å²) in [5.74, 6) is -1.11. The molecule has 0 aliphatic rings. The largest absolute Gasteiger partial charge is 0.478 e. The van der Waals surface area contributed by atoms with Crippen molar-refractivity contribution in [1.29, 1.82) is 0 Å². The van der Waals surface area contributed by atoms with Crippen LogP contribution in [0.4, 0.5) is 5.69 Å². The standard InChI is InChI=1S/C13H10N2O4S/c1-8-6-12(9(7-14-8)13(16)17)20-11-5-3-2-4-10(11)15(18)19/h2-7H,1H3,(H,16,17). The number of hydrogen-bond acceptors (Lipinski definition) is 5. The van der Waals surface area contributed by atoms with Gasteiger partial charge in [0.1, 0.15) is 0 Å². The van der Waals surface area contributed by atoms with Crippen molar-refractivity contribution in [3.63, 3.8) is 0 Å². The van der Waals surface area contributed by atoms with E-state index in [1.807, 2.05) is 0 Å². The summed E-state index contributed by atoms with van der Waals surface area (Å²) in [7, 11) is 0. The predicted octanol–water partition coefficient (Wildman–Crippen LogP) is 3.15. The van der Waals surface area contributed by atoms with Crippen LogP contribution < -0.4 is 0 Å². The lowest BCUT2D eigenvalue weighted by atomic mass is 10.2. The van der Waals surface area contributed by atoms with Gasteiger partial charge in [0.05, 0.1) is 15.4 Å². The van der Waals surface area contributed by atoms with Crippen molar-refractivity contribution in [1.82, 2.24) is 4.98 Å². The third-order valence-electron chi connectivity index (χ3n) is 2.51. The smallest absolute Gasteiger partial charge is 0.338 e. The van der Waals surface area contributed by atoms with E-state index >= 15 is 0 Å². The van der Waals surface area contributed by atoms with Gasteiger partial charge in [-0.15, -0.1) is 0 Å². The summed E-state index contributed by atoms with van der Waals surface area (Å²) in [6, 6.07) is 7.81. The number of benzene rings is 1. The number of nitrogens with zero attached hydrogens (tertiary/aromatic N) is 2. The van der Waals surface area contributed by atoms with Gasteiger partial charge in [0.2, 0.25) is 0 Å². The number of nitro groups is 1. The number of aromatic carboxylic acids is 1. The second-order valence-corrected chi connectivity index (χ2v) is 5.04. The molecule has 0 bridgehead atoms. The van der Waals surface area contributed by atoms with Crippen LogP contribution in [0.5, 0.6) is 0 Å². The molecule has 0 radical (unpaired) electrons. The zero-order chi connectivity index (χ0) is 14.7. The molecule has 0 aliphatic carbocycles. The number of aryl methyl sites for hydroxylation is 1. The molecule has 2 rings (SSSR count). The topological polar surface area (TPSA) is 93.3 Å². The molecule has 7 heteroatoms. The minimum absolute atomic E-state index is 0.0266. The summed E-state index contributed by atoms with van der Waals surface area (Å²) < 4.78 is 0. The summed E-state index contributed by atoms with van der Waals surface area (Å²) >= 11 is 1.05. The third-order valence-corrected chi connectivity index (χ3v) is 3.64. The molecule has 0 amide bonds. The number of pyridine rings is 1. The first-order chi connectivity index (χ1) is 9.49. The second-order valence-electron chi connectivity index (χ2n) is 3.95. The fourth-order valence-corrected chi connectivity index (χ4v) is 2.70. The van der Waals surface area contributed by atoms with Crippen LogP contribution in [0.3, 0.4) is 0 Å². The Morgan fingerprint density at radius 1 is 1.35 bits per heavy atom. The molecule has 1 N–H and O–H groups in total. The highest BCUT2D eigenvalue weighted by atomic mass is 32.2. The fraction of sp³-hybridized carbons (Fsp3) is 0.0769. The average molecular weight is 290 g/mol. The van der Waals surface area contributed by atoms with Gasteiger partial charge in [0.15, 0.2) is 0 Å². The van der Waals surface area contributed by atoms with Gasteiger partial charge in [-0.1, -0.05) is 23.9 Å². The Morgan fingerprint density at radius 2 is 2.05 bits per heavy atom. The molecule has 0 saturated heterocycles. The molecule has 20 heavy (non-hydrogen) atoms. The third kappa shape index (κ3) is 2.94. The van der Waals surface area contributed by atoms with Crippen LogP contribution in [0.15, 0.2) is 46.3 Å². The lowest BCUT2D eigenvalue weighted by molar-refractivity contribution is -0.387. The number of carboxylic acid groups (broad SMARTS) is 1. The molecule has 1 aromatic carbocycles. The molecule has 0 unspecified atom stereocenters. The van der Waals surface area contributed by atoms with Gasteiger partial charge in [-0.05, 0) is 19.1 Å². The van der Waals surface area contributed by atoms with Gasteiger partial charge in [-0.3, -0.25) is 15.1 Å². The average Bonchev–Trinajstić information content (AvgIpc) is 2.38. The molecule has 1 aromatic heterocycles. The van der Waals surface area contributed by atoms with Crippen molar-refractivity contribution >= 4 is 23.4 Å². The van der Waals surface area contributed by atoms with E-state index in [1.54, 1.807) is 31.2 Å². The number of carbonyl (C=O) groups is 1. The van der Waals surface area contributed by atoms with Gasteiger partial charge in [0.25, 0.3) is 5.69 Å². The van der Waals surface area contributed by atoms with E-state index in [9.17, 15) is 14.9 Å². The quantitative estimate of drug-likeness (QED) is 0.686. The molecular weight excluding hydrogens is 280 g/mol. The maximum atomic E-state index is 11.2. The number of rotatable bonds is 4. The molecule has 102 valence electrons. The molecule has 1 heterocycles. The van der Waals surface area contributed by atoms with Crippen molar-refractivity contribution in [2.45, 2.75) is 16.7 Å². The second kappa shape index (κ2) is 5.70. The van der Waals surface area contributed by atoms with Gasteiger partial charge in [0, 0.05) is 22.9 Å². The summed E-state index contributed by atoms with van der Waals surface area (Å²) in [5.41, 5.74) is 0.623. The van der Waals surface area contributed by atoms with Crippen LogP contribution in [0.2, 0.25) is 0 Å². The van der Waals surface area contributed by atoms with E-state index in [-0.39, 0.29) is 11.3 Å². The van der Waals surface area contributed by atoms with Crippen LogP contribution in [-0.4, -0.2) is 21.0 Å². The summed E-state index contributed by atoms with van der Waals surface area (Å²) in [5, 5.41) is 20.1. The Kier molecular flexibility index (Phi) is 3.99. The van der Waals surface area contributed by atoms with E-state index < -0.39 is 10.9 Å². The Bertz CT molecular complexity index is 688. The Morgan fingerprint density at radius 3 is 2.70 bits per heavy atom. The Hall–Kier alpha value is -2.41. The van der Waals surface area contributed by atoms with Crippen LogP contribution in [-0.2, 0) is 0 Å². The molecule has 0 atom stereocenters. The first-order valence-corrected chi connectivity index (χ1v) is 6.42. The predicted molar refractivity (Wildman–Crippen MR) is 73.2 cm³/mol. The highest BCUT2D eigenvalue weighted by Crippen LogP contribution is 2.36. The van der Waals surface area contributed by atoms with E-state index in [1.165, 1.54) is 12.3 Å². The summed E-state index contributed by atoms with van der Waals surface area (Å²) in [6.07, 6.45) is 1.26. The lowest BCUT2D eigenvalue weighted by Crippen LogP contribution is -2.01.